The van der Waals surface area contributed by atoms with E-state index in [1.165, 1.54) is 11.4 Å². The number of esters is 1. The van der Waals surface area contributed by atoms with Gasteiger partial charge in [-0.3, -0.25) is 0 Å². The topological polar surface area (TPSA) is 63.7 Å². The van der Waals surface area contributed by atoms with E-state index in [1.807, 2.05) is 13.8 Å². The van der Waals surface area contributed by atoms with Crippen molar-refractivity contribution in [3.63, 3.8) is 0 Å². The van der Waals surface area contributed by atoms with Gasteiger partial charge in [0.05, 0.1) is 7.11 Å². The van der Waals surface area contributed by atoms with Gasteiger partial charge in [0.25, 0.3) is 0 Å². The highest BCUT2D eigenvalue weighted by Crippen LogP contribution is 2.37. The standard InChI is InChI=1S/C13H19NO4S2/c1-9-8-19-10(12(15)18-4)11(9)20(16,17)14-7-5-6-13(14,2)3/h8H,5-7H2,1-4H3. The number of methoxy groups -OCH3 is 1. The van der Waals surface area contributed by atoms with Crippen LogP contribution >= 0.6 is 11.3 Å². The molecule has 1 aliphatic heterocycles. The van der Waals surface area contributed by atoms with Crippen LogP contribution in [0, 0.1) is 6.92 Å². The van der Waals surface area contributed by atoms with Gasteiger partial charge in [0, 0.05) is 12.1 Å². The third-order valence-corrected chi connectivity index (χ3v) is 7.17. The van der Waals surface area contributed by atoms with Crippen LogP contribution in [0.4, 0.5) is 0 Å². The SMILES string of the molecule is COC(=O)c1scc(C)c1S(=O)(=O)N1CCCC1(C)C. The molecule has 1 aromatic rings. The van der Waals surface area contributed by atoms with E-state index in [0.717, 1.165) is 24.2 Å². The molecule has 0 N–H and O–H groups in total. The minimum atomic E-state index is -3.68. The van der Waals surface area contributed by atoms with Crippen molar-refractivity contribution in [2.24, 2.45) is 0 Å². The van der Waals surface area contributed by atoms with Crippen LogP contribution in [-0.4, -0.2) is 37.9 Å². The van der Waals surface area contributed by atoms with Gasteiger partial charge < -0.3 is 4.74 Å². The van der Waals surface area contributed by atoms with Crippen LogP contribution in [0.2, 0.25) is 0 Å². The maximum absolute atomic E-state index is 12.9. The molecule has 112 valence electrons. The van der Waals surface area contributed by atoms with Gasteiger partial charge >= 0.3 is 5.97 Å². The van der Waals surface area contributed by atoms with E-state index in [4.69, 9.17) is 0 Å². The van der Waals surface area contributed by atoms with Gasteiger partial charge in [0.1, 0.15) is 9.77 Å². The average molecular weight is 317 g/mol. The number of aryl methyl sites for hydroxylation is 1. The Balaban J connectivity index is 2.56. The number of carbonyl (C=O) groups is 1. The Labute approximate surface area is 123 Å². The Hall–Kier alpha value is -0.920. The molecule has 5 nitrogen and oxygen atoms in total. The largest absolute Gasteiger partial charge is 0.465 e. The fourth-order valence-corrected chi connectivity index (χ4v) is 6.14. The van der Waals surface area contributed by atoms with Gasteiger partial charge in [-0.15, -0.1) is 11.3 Å². The second-order valence-electron chi connectivity index (χ2n) is 5.56. The highest BCUT2D eigenvalue weighted by Gasteiger charge is 2.43. The van der Waals surface area contributed by atoms with E-state index in [9.17, 15) is 13.2 Å². The first-order valence-corrected chi connectivity index (χ1v) is 8.73. The number of hydrogen-bond donors (Lipinski definition) is 0. The summed E-state index contributed by atoms with van der Waals surface area (Å²) in [5.74, 6) is -0.598. The van der Waals surface area contributed by atoms with Crippen LogP contribution in [0.25, 0.3) is 0 Å². The zero-order valence-electron chi connectivity index (χ0n) is 12.1. The Morgan fingerprint density at radius 1 is 1.45 bits per heavy atom. The minimum absolute atomic E-state index is 0.101. The summed E-state index contributed by atoms with van der Waals surface area (Å²) < 4.78 is 32.0. The molecule has 2 heterocycles. The van der Waals surface area contributed by atoms with Gasteiger partial charge in [-0.2, -0.15) is 4.31 Å². The molecule has 0 aromatic carbocycles. The second-order valence-corrected chi connectivity index (χ2v) is 8.24. The summed E-state index contributed by atoms with van der Waals surface area (Å²) in [5.41, 5.74) is 0.179. The van der Waals surface area contributed by atoms with Gasteiger partial charge in [-0.05, 0) is 44.6 Å². The number of sulfonamides is 1. The lowest BCUT2D eigenvalue weighted by molar-refractivity contribution is 0.0602. The van der Waals surface area contributed by atoms with Crippen molar-refractivity contribution in [1.82, 2.24) is 4.31 Å². The monoisotopic (exact) mass is 317 g/mol. The van der Waals surface area contributed by atoms with Crippen molar-refractivity contribution >= 4 is 27.3 Å². The number of hydrogen-bond acceptors (Lipinski definition) is 5. The summed E-state index contributed by atoms with van der Waals surface area (Å²) in [4.78, 5) is 12.0. The fraction of sp³-hybridized carbons (Fsp3) is 0.615. The third-order valence-electron chi connectivity index (χ3n) is 3.66. The molecule has 7 heteroatoms. The van der Waals surface area contributed by atoms with E-state index in [2.05, 4.69) is 4.74 Å². The van der Waals surface area contributed by atoms with Crippen molar-refractivity contribution in [3.8, 4) is 0 Å². The molecule has 1 aromatic heterocycles. The number of rotatable bonds is 3. The van der Waals surface area contributed by atoms with Crippen molar-refractivity contribution < 1.29 is 17.9 Å². The Morgan fingerprint density at radius 2 is 2.10 bits per heavy atom. The molecule has 2 rings (SSSR count). The van der Waals surface area contributed by atoms with Crippen LogP contribution in [0.1, 0.15) is 41.9 Å². The van der Waals surface area contributed by atoms with E-state index < -0.39 is 21.5 Å². The first-order valence-electron chi connectivity index (χ1n) is 6.41. The summed E-state index contributed by atoms with van der Waals surface area (Å²) in [6, 6.07) is 0. The van der Waals surface area contributed by atoms with Crippen LogP contribution < -0.4 is 0 Å². The highest BCUT2D eigenvalue weighted by atomic mass is 32.2. The lowest BCUT2D eigenvalue weighted by atomic mass is 10.0. The first-order chi connectivity index (χ1) is 9.21. The molecule has 0 saturated carbocycles. The van der Waals surface area contributed by atoms with Gasteiger partial charge in [-0.1, -0.05) is 0 Å². The van der Waals surface area contributed by atoms with Crippen LogP contribution in [-0.2, 0) is 14.8 Å². The highest BCUT2D eigenvalue weighted by molar-refractivity contribution is 7.89. The summed E-state index contributed by atoms with van der Waals surface area (Å²) >= 11 is 1.11. The van der Waals surface area contributed by atoms with E-state index in [1.54, 1.807) is 12.3 Å². The van der Waals surface area contributed by atoms with Gasteiger partial charge in [0.2, 0.25) is 10.0 Å². The molecule has 1 aliphatic rings. The van der Waals surface area contributed by atoms with Crippen LogP contribution in [0.15, 0.2) is 10.3 Å². The average Bonchev–Trinajstić information content (AvgIpc) is 2.91. The molecular weight excluding hydrogens is 298 g/mol. The predicted octanol–water partition coefficient (Wildman–Crippen LogP) is 2.41. The molecule has 0 spiro atoms. The van der Waals surface area contributed by atoms with Crippen molar-refractivity contribution in [3.05, 3.63) is 15.8 Å². The predicted molar refractivity (Wildman–Crippen MR) is 77.6 cm³/mol. The van der Waals surface area contributed by atoms with Gasteiger partial charge in [-0.25, -0.2) is 13.2 Å². The Kier molecular flexibility index (Phi) is 3.96. The molecule has 0 atom stereocenters. The Morgan fingerprint density at radius 3 is 2.60 bits per heavy atom. The molecule has 0 radical (unpaired) electrons. The quantitative estimate of drug-likeness (QED) is 0.803. The summed E-state index contributed by atoms with van der Waals surface area (Å²) in [6.07, 6.45) is 1.66. The molecule has 0 unspecified atom stereocenters. The zero-order valence-corrected chi connectivity index (χ0v) is 13.7. The normalized spacial score (nSPS) is 19.2. The molecular formula is C13H19NO4S2. The lowest BCUT2D eigenvalue weighted by Crippen LogP contribution is -2.43. The minimum Gasteiger partial charge on any atom is -0.465 e. The first kappa shape index (κ1) is 15.5. The van der Waals surface area contributed by atoms with E-state index >= 15 is 0 Å². The fourth-order valence-electron chi connectivity index (χ4n) is 2.63. The van der Waals surface area contributed by atoms with Crippen molar-refractivity contribution in [2.75, 3.05) is 13.7 Å². The summed E-state index contributed by atoms with van der Waals surface area (Å²) in [6.45, 7) is 6.03. The molecule has 1 saturated heterocycles. The zero-order chi connectivity index (χ0) is 15.1. The summed E-state index contributed by atoms with van der Waals surface area (Å²) in [7, 11) is -2.42. The second kappa shape index (κ2) is 5.13. The van der Waals surface area contributed by atoms with Crippen LogP contribution in [0.5, 0.6) is 0 Å². The molecule has 20 heavy (non-hydrogen) atoms. The number of ether oxygens (including phenoxy) is 1. The maximum atomic E-state index is 12.9. The third kappa shape index (κ3) is 2.38. The number of nitrogens with zero attached hydrogens (tertiary/aromatic N) is 1. The molecule has 0 aliphatic carbocycles. The number of carbonyl (C=O) groups excluding carboxylic acids is 1. The van der Waals surface area contributed by atoms with Crippen LogP contribution in [0.3, 0.4) is 0 Å². The van der Waals surface area contributed by atoms with Crippen molar-refractivity contribution in [1.29, 1.82) is 0 Å². The number of thiophene rings is 1. The van der Waals surface area contributed by atoms with Crippen molar-refractivity contribution in [2.45, 2.75) is 44.0 Å². The lowest BCUT2D eigenvalue weighted by Gasteiger charge is -2.30. The molecule has 0 bridgehead atoms. The maximum Gasteiger partial charge on any atom is 0.349 e. The van der Waals surface area contributed by atoms with E-state index in [-0.39, 0.29) is 9.77 Å². The Bertz CT molecular complexity index is 631. The molecule has 0 amide bonds. The molecule has 1 fully saturated rings. The van der Waals surface area contributed by atoms with Gasteiger partial charge in [0.15, 0.2) is 0 Å². The summed E-state index contributed by atoms with van der Waals surface area (Å²) in [5, 5.41) is 1.68. The van der Waals surface area contributed by atoms with E-state index in [0.29, 0.717) is 12.1 Å². The smallest absolute Gasteiger partial charge is 0.349 e.